The van der Waals surface area contributed by atoms with Crippen molar-refractivity contribution < 1.29 is 25.9 Å². The number of halogens is 2. The fourth-order valence-corrected chi connectivity index (χ4v) is 2.49. The molecular weight excluding hydrogens is 529 g/mol. The summed E-state index contributed by atoms with van der Waals surface area (Å²) in [5.41, 5.74) is 0.919. The van der Waals surface area contributed by atoms with Gasteiger partial charge in [-0.25, -0.2) is 0 Å². The molecule has 34 heavy (non-hydrogen) atoms. The first kappa shape index (κ1) is 34.5. The molecule has 7 N–H and O–H groups in total. The average Bonchev–Trinajstić information content (AvgIpc) is 2.65. The van der Waals surface area contributed by atoms with Crippen LogP contribution in [-0.2, 0) is 26.8 Å². The normalized spacial score (nSPS) is 10.7. The summed E-state index contributed by atoms with van der Waals surface area (Å²) in [6.07, 6.45) is 8.73. The maximum absolute atomic E-state index is 9.19. The minimum Gasteiger partial charge on any atom is -0.356 e. The molecular formula is C19H35Cl2N5O6S2. The Labute approximate surface area is 212 Å². The van der Waals surface area contributed by atoms with E-state index in [0.29, 0.717) is 29.1 Å². The van der Waals surface area contributed by atoms with Crippen molar-refractivity contribution >= 4 is 55.4 Å². The van der Waals surface area contributed by atoms with Gasteiger partial charge in [0, 0.05) is 13.1 Å². The maximum atomic E-state index is 9.19. The second-order valence-electron chi connectivity index (χ2n) is 7.14. The van der Waals surface area contributed by atoms with Gasteiger partial charge in [0.15, 0.2) is 11.9 Å². The van der Waals surface area contributed by atoms with E-state index in [1.165, 1.54) is 32.1 Å². The molecule has 0 saturated heterocycles. The summed E-state index contributed by atoms with van der Waals surface area (Å²) in [7, 11) is -7.33. The predicted octanol–water partition coefficient (Wildman–Crippen LogP) is 3.50. The molecule has 0 bridgehead atoms. The van der Waals surface area contributed by atoms with Gasteiger partial charge in [-0.15, -0.1) is 0 Å². The standard InChI is InChI=1S/C17H27Cl2N5.2CH4O3S/c1-2-3-4-5-6-7-10-22-16(20)24-17(21)23-12-13-8-9-14(18)15(19)11-13;2*1-5(2,3)4/h8-9,11H,2-7,10,12H2,1H3,(H5,20,21,22,23,24);2*1H3,(H,2,3,4). The van der Waals surface area contributed by atoms with E-state index in [4.69, 9.17) is 43.1 Å². The van der Waals surface area contributed by atoms with Gasteiger partial charge in [0.25, 0.3) is 20.2 Å². The highest BCUT2D eigenvalue weighted by atomic mass is 35.5. The van der Waals surface area contributed by atoms with Crippen molar-refractivity contribution in [3.8, 4) is 0 Å². The molecule has 0 spiro atoms. The van der Waals surface area contributed by atoms with Crippen LogP contribution in [0.25, 0.3) is 0 Å². The van der Waals surface area contributed by atoms with Gasteiger partial charge in [-0.2, -0.15) is 16.8 Å². The number of benzene rings is 1. The van der Waals surface area contributed by atoms with Crippen molar-refractivity contribution in [1.82, 2.24) is 16.0 Å². The van der Waals surface area contributed by atoms with Crippen molar-refractivity contribution in [3.05, 3.63) is 33.8 Å². The number of guanidine groups is 2. The minimum absolute atomic E-state index is 0.0709. The Bertz CT molecular complexity index is 914. The highest BCUT2D eigenvalue weighted by Crippen LogP contribution is 2.22. The summed E-state index contributed by atoms with van der Waals surface area (Å²) in [6.45, 7) is 3.39. The zero-order valence-electron chi connectivity index (χ0n) is 19.5. The van der Waals surface area contributed by atoms with E-state index in [-0.39, 0.29) is 11.9 Å². The Morgan fingerprint density at radius 1 is 0.853 bits per heavy atom. The molecule has 0 aliphatic rings. The molecule has 0 atom stereocenters. The van der Waals surface area contributed by atoms with Gasteiger partial charge >= 0.3 is 0 Å². The predicted molar refractivity (Wildman–Crippen MR) is 138 cm³/mol. The fraction of sp³-hybridized carbons (Fsp3) is 0.579. The minimum atomic E-state index is -3.67. The summed E-state index contributed by atoms with van der Waals surface area (Å²) in [4.78, 5) is 0. The summed E-state index contributed by atoms with van der Waals surface area (Å²) < 4.78 is 51.7. The van der Waals surface area contributed by atoms with E-state index in [9.17, 15) is 16.8 Å². The van der Waals surface area contributed by atoms with Gasteiger partial charge in [-0.1, -0.05) is 68.3 Å². The van der Waals surface area contributed by atoms with Crippen LogP contribution >= 0.6 is 23.2 Å². The number of hydrogen-bond acceptors (Lipinski definition) is 6. The number of rotatable bonds is 9. The Hall–Kier alpha value is -1.64. The van der Waals surface area contributed by atoms with Crippen LogP contribution in [0.15, 0.2) is 18.2 Å². The first-order valence-corrected chi connectivity index (χ1v) is 14.7. The average molecular weight is 565 g/mol. The van der Waals surface area contributed by atoms with E-state index in [0.717, 1.165) is 18.5 Å². The molecule has 0 fully saturated rings. The Morgan fingerprint density at radius 3 is 1.82 bits per heavy atom. The largest absolute Gasteiger partial charge is 0.356 e. The molecule has 0 amide bonds. The van der Waals surface area contributed by atoms with Crippen molar-refractivity contribution in [2.24, 2.45) is 0 Å². The lowest BCUT2D eigenvalue weighted by molar-refractivity contribution is 0.488. The summed E-state index contributed by atoms with van der Waals surface area (Å²) in [6, 6.07) is 5.32. The van der Waals surface area contributed by atoms with Crippen LogP contribution in [0.3, 0.4) is 0 Å². The SMILES string of the molecule is CCCCCCCCNC(=N)NC(=N)NCc1ccc(Cl)c(Cl)c1.CS(=O)(=O)O.CS(=O)(=O)O. The van der Waals surface area contributed by atoms with Gasteiger partial charge in [0.2, 0.25) is 0 Å². The summed E-state index contributed by atoms with van der Waals surface area (Å²) in [5, 5.41) is 25.1. The Kier molecular flexibility index (Phi) is 18.9. The zero-order valence-corrected chi connectivity index (χ0v) is 22.6. The van der Waals surface area contributed by atoms with Gasteiger partial charge in [-0.3, -0.25) is 25.2 Å². The highest BCUT2D eigenvalue weighted by molar-refractivity contribution is 7.85. The molecule has 1 aromatic rings. The first-order chi connectivity index (χ1) is 15.5. The molecule has 15 heteroatoms. The van der Waals surface area contributed by atoms with Crippen LogP contribution in [0.5, 0.6) is 0 Å². The lowest BCUT2D eigenvalue weighted by Gasteiger charge is -2.13. The molecule has 1 aromatic carbocycles. The van der Waals surface area contributed by atoms with E-state index in [1.807, 2.05) is 6.07 Å². The topological polar surface area (TPSA) is 193 Å². The number of unbranched alkanes of at least 4 members (excludes halogenated alkanes) is 5. The number of nitrogens with one attached hydrogen (secondary N) is 5. The zero-order chi connectivity index (χ0) is 26.8. The molecule has 0 aliphatic carbocycles. The van der Waals surface area contributed by atoms with Crippen molar-refractivity contribution in [2.75, 3.05) is 19.1 Å². The van der Waals surface area contributed by atoms with Crippen LogP contribution in [-0.4, -0.2) is 56.9 Å². The van der Waals surface area contributed by atoms with Crippen molar-refractivity contribution in [2.45, 2.75) is 52.0 Å². The van der Waals surface area contributed by atoms with E-state index >= 15 is 0 Å². The first-order valence-electron chi connectivity index (χ1n) is 10.2. The molecule has 0 radical (unpaired) electrons. The van der Waals surface area contributed by atoms with Gasteiger partial charge in [-0.05, 0) is 24.1 Å². The lowest BCUT2D eigenvalue weighted by atomic mass is 10.1. The Morgan fingerprint density at radius 2 is 1.32 bits per heavy atom. The molecule has 0 saturated carbocycles. The smallest absolute Gasteiger partial charge is 0.261 e. The van der Waals surface area contributed by atoms with E-state index < -0.39 is 20.2 Å². The monoisotopic (exact) mass is 563 g/mol. The molecule has 0 aliphatic heterocycles. The third-order valence-corrected chi connectivity index (χ3v) is 4.27. The van der Waals surface area contributed by atoms with Crippen LogP contribution in [0.1, 0.15) is 51.0 Å². The van der Waals surface area contributed by atoms with E-state index in [1.54, 1.807) is 12.1 Å². The summed E-state index contributed by atoms with van der Waals surface area (Å²) >= 11 is 11.8. The van der Waals surface area contributed by atoms with Crippen molar-refractivity contribution in [3.63, 3.8) is 0 Å². The second kappa shape index (κ2) is 18.7. The Balaban J connectivity index is 0. The highest BCUT2D eigenvalue weighted by Gasteiger charge is 2.03. The second-order valence-corrected chi connectivity index (χ2v) is 10.9. The van der Waals surface area contributed by atoms with Crippen LogP contribution < -0.4 is 16.0 Å². The molecule has 1 rings (SSSR count). The quantitative estimate of drug-likeness (QED) is 0.102. The maximum Gasteiger partial charge on any atom is 0.261 e. The molecule has 11 nitrogen and oxygen atoms in total. The molecule has 198 valence electrons. The summed E-state index contributed by atoms with van der Waals surface area (Å²) in [5.74, 6) is 0.205. The molecule has 0 heterocycles. The van der Waals surface area contributed by atoms with Gasteiger partial charge in [0.1, 0.15) is 0 Å². The number of hydrogen-bond donors (Lipinski definition) is 7. The van der Waals surface area contributed by atoms with Gasteiger partial charge < -0.3 is 10.6 Å². The third-order valence-electron chi connectivity index (χ3n) is 3.54. The van der Waals surface area contributed by atoms with E-state index in [2.05, 4.69) is 22.9 Å². The van der Waals surface area contributed by atoms with Crippen LogP contribution in [0.2, 0.25) is 10.0 Å². The van der Waals surface area contributed by atoms with Crippen LogP contribution in [0.4, 0.5) is 0 Å². The fourth-order valence-electron chi connectivity index (χ4n) is 2.17. The van der Waals surface area contributed by atoms with Crippen molar-refractivity contribution in [1.29, 1.82) is 10.8 Å². The van der Waals surface area contributed by atoms with Crippen LogP contribution in [0, 0.1) is 10.8 Å². The third kappa shape index (κ3) is 30.4. The lowest BCUT2D eigenvalue weighted by Crippen LogP contribution is -2.45. The molecule has 0 aromatic heterocycles. The molecule has 0 unspecified atom stereocenters. The van der Waals surface area contributed by atoms with Gasteiger partial charge in [0.05, 0.1) is 22.6 Å².